The number of carboxylic acids is 2. The van der Waals surface area contributed by atoms with E-state index in [1.807, 2.05) is 4.72 Å². The molecule has 8 N–H and O–H groups in total. The van der Waals surface area contributed by atoms with Gasteiger partial charge in [-0.1, -0.05) is 97.8 Å². The Morgan fingerprint density at radius 1 is 0.650 bits per heavy atom. The van der Waals surface area contributed by atoms with Crippen molar-refractivity contribution in [2.75, 3.05) is 0 Å². The number of carbonyl (C=O) groups is 8. The Kier molecular flexibility index (Phi) is 21.7. The topological polar surface area (TPSA) is 283 Å². The maximum Gasteiger partial charge on any atom is 0.303 e. The van der Waals surface area contributed by atoms with Crippen molar-refractivity contribution in [2.24, 2.45) is 17.8 Å². The summed E-state index contributed by atoms with van der Waals surface area (Å²) in [6.45, 7) is 8.87. The fourth-order valence-electron chi connectivity index (χ4n) is 6.90. The van der Waals surface area contributed by atoms with Crippen LogP contribution in [0.3, 0.4) is 0 Å². The number of aliphatic carboxylic acids is 2. The molecule has 1 aliphatic rings. The summed E-state index contributed by atoms with van der Waals surface area (Å²) >= 11 is 0. The molecular formula is C41H64N6O12S. The van der Waals surface area contributed by atoms with Crippen molar-refractivity contribution < 1.29 is 57.0 Å². The summed E-state index contributed by atoms with van der Waals surface area (Å²) < 4.78 is 28.0. The highest BCUT2D eigenvalue weighted by molar-refractivity contribution is 7.90. The van der Waals surface area contributed by atoms with E-state index in [-0.39, 0.29) is 42.4 Å². The SMILES string of the molecule is CCC[C@H](NC(=O)[C@H](CC1CCCCC1)NC(=O)[C@@H](NC(=O)[C@H](CC(C)C)NC(=O)[C@@H](CCC(=O)O)NC(=O)CCC(=O)O)[C@@H](C)CC)C(=O)NS(=O)(=O)c1ccccc1. The van der Waals surface area contributed by atoms with E-state index in [0.29, 0.717) is 12.8 Å². The van der Waals surface area contributed by atoms with Gasteiger partial charge in [0, 0.05) is 12.8 Å². The zero-order valence-electron chi connectivity index (χ0n) is 35.3. The summed E-state index contributed by atoms with van der Waals surface area (Å²) in [5.74, 6) is -7.84. The largest absolute Gasteiger partial charge is 0.481 e. The van der Waals surface area contributed by atoms with Gasteiger partial charge in [-0.3, -0.25) is 38.4 Å². The molecule has 0 radical (unpaired) electrons. The molecule has 1 aromatic carbocycles. The van der Waals surface area contributed by atoms with Crippen molar-refractivity contribution in [1.82, 2.24) is 31.3 Å². The van der Waals surface area contributed by atoms with E-state index in [2.05, 4.69) is 26.6 Å². The lowest BCUT2D eigenvalue weighted by molar-refractivity contribution is -0.139. The number of hydrogen-bond acceptors (Lipinski definition) is 10. The standard InChI is InChI=1S/C41H64N6O12S/c1-6-14-29(40(56)47-60(58,59)28-17-12-9-13-18-28)43-38(54)32(24-27-15-10-8-11-16-27)45-41(57)36(26(5)7-2)46-39(55)31(23-25(3)4)44-37(53)30(19-21-34(49)50)42-33(48)20-22-35(51)52/h9,12-13,17-18,25-27,29-32,36H,6-8,10-11,14-16,19-24H2,1-5H3,(H,42,48)(H,43,54)(H,44,53)(H,45,57)(H,46,55)(H,47,56)(H,49,50)(H,51,52)/t26-,29-,30+,31-,32-,36-/m0/s1. The summed E-state index contributed by atoms with van der Waals surface area (Å²) in [5.41, 5.74) is 0. The highest BCUT2D eigenvalue weighted by atomic mass is 32.2. The third-order valence-corrected chi connectivity index (χ3v) is 11.8. The van der Waals surface area contributed by atoms with E-state index >= 15 is 0 Å². The molecule has 2 rings (SSSR count). The predicted molar refractivity (Wildman–Crippen MR) is 220 cm³/mol. The van der Waals surface area contributed by atoms with Gasteiger partial charge in [-0.25, -0.2) is 13.1 Å². The first-order valence-electron chi connectivity index (χ1n) is 20.8. The Bertz CT molecular complexity index is 1740. The van der Waals surface area contributed by atoms with Crippen molar-refractivity contribution >= 4 is 57.4 Å². The molecule has 18 nitrogen and oxygen atoms in total. The number of sulfonamides is 1. The lowest BCUT2D eigenvalue weighted by Gasteiger charge is -2.31. The Balaban J connectivity index is 2.35. The number of carbonyl (C=O) groups excluding carboxylic acids is 6. The first kappa shape index (κ1) is 51.1. The average Bonchev–Trinajstić information content (AvgIpc) is 3.19. The fraction of sp³-hybridized carbons (Fsp3) is 0.659. The fourth-order valence-corrected chi connectivity index (χ4v) is 7.94. The molecule has 1 fully saturated rings. The van der Waals surface area contributed by atoms with E-state index in [1.54, 1.807) is 40.7 Å². The molecule has 6 atom stereocenters. The molecule has 0 aromatic heterocycles. The first-order chi connectivity index (χ1) is 28.3. The van der Waals surface area contributed by atoms with E-state index in [0.717, 1.165) is 32.1 Å². The number of amides is 6. The van der Waals surface area contributed by atoms with Crippen LogP contribution in [-0.2, 0) is 48.4 Å². The lowest BCUT2D eigenvalue weighted by Crippen LogP contribution is -2.60. The van der Waals surface area contributed by atoms with Crippen molar-refractivity contribution in [2.45, 2.75) is 160 Å². The lowest BCUT2D eigenvalue weighted by atomic mass is 9.84. The number of benzene rings is 1. The van der Waals surface area contributed by atoms with Crippen LogP contribution in [0.4, 0.5) is 0 Å². The number of rotatable bonds is 26. The van der Waals surface area contributed by atoms with Gasteiger partial charge < -0.3 is 36.8 Å². The molecule has 19 heteroatoms. The van der Waals surface area contributed by atoms with Crippen LogP contribution in [0.1, 0.15) is 125 Å². The van der Waals surface area contributed by atoms with Crippen LogP contribution < -0.4 is 31.3 Å². The molecule has 1 aliphatic carbocycles. The third kappa shape index (κ3) is 18.0. The maximum absolute atomic E-state index is 14.2. The van der Waals surface area contributed by atoms with Crippen LogP contribution in [0.15, 0.2) is 35.2 Å². The van der Waals surface area contributed by atoms with Gasteiger partial charge >= 0.3 is 11.9 Å². The number of nitrogens with one attached hydrogen (secondary N) is 6. The average molecular weight is 865 g/mol. The second-order valence-electron chi connectivity index (χ2n) is 15.9. The van der Waals surface area contributed by atoms with Gasteiger partial charge in [0.15, 0.2) is 0 Å². The maximum atomic E-state index is 14.2. The van der Waals surface area contributed by atoms with Gasteiger partial charge in [0.25, 0.3) is 15.9 Å². The first-order valence-corrected chi connectivity index (χ1v) is 22.3. The van der Waals surface area contributed by atoms with Gasteiger partial charge in [0.2, 0.25) is 29.5 Å². The molecule has 0 aliphatic heterocycles. The van der Waals surface area contributed by atoms with Crippen LogP contribution in [0.25, 0.3) is 0 Å². The molecule has 336 valence electrons. The van der Waals surface area contributed by atoms with Gasteiger partial charge in [-0.2, -0.15) is 0 Å². The highest BCUT2D eigenvalue weighted by Crippen LogP contribution is 2.28. The van der Waals surface area contributed by atoms with E-state index in [9.17, 15) is 51.9 Å². The molecule has 0 heterocycles. The Labute approximate surface area is 352 Å². The van der Waals surface area contributed by atoms with Gasteiger partial charge in [-0.05, 0) is 55.6 Å². The van der Waals surface area contributed by atoms with Crippen molar-refractivity contribution in [3.05, 3.63) is 30.3 Å². The molecule has 0 unspecified atom stereocenters. The zero-order valence-corrected chi connectivity index (χ0v) is 36.1. The Morgan fingerprint density at radius 2 is 1.20 bits per heavy atom. The molecule has 1 saturated carbocycles. The molecule has 0 saturated heterocycles. The third-order valence-electron chi connectivity index (χ3n) is 10.4. The Hall–Kier alpha value is -5.07. The van der Waals surface area contributed by atoms with Gasteiger partial charge in [0.1, 0.15) is 30.2 Å². The second-order valence-corrected chi connectivity index (χ2v) is 17.6. The van der Waals surface area contributed by atoms with Gasteiger partial charge in [-0.15, -0.1) is 0 Å². The normalized spacial score (nSPS) is 16.2. The van der Waals surface area contributed by atoms with Crippen LogP contribution in [-0.4, -0.2) is 96.2 Å². The number of carboxylic acid groups (broad SMARTS) is 2. The van der Waals surface area contributed by atoms with Crippen LogP contribution in [0.2, 0.25) is 0 Å². The predicted octanol–water partition coefficient (Wildman–Crippen LogP) is 2.51. The summed E-state index contributed by atoms with van der Waals surface area (Å²) in [6, 6.07) is 1.03. The minimum Gasteiger partial charge on any atom is -0.481 e. The summed E-state index contributed by atoms with van der Waals surface area (Å²) in [5, 5.41) is 31.3. The molecule has 0 spiro atoms. The summed E-state index contributed by atoms with van der Waals surface area (Å²) in [4.78, 5) is 104. The molecule has 6 amide bonds. The monoisotopic (exact) mass is 864 g/mol. The summed E-state index contributed by atoms with van der Waals surface area (Å²) in [7, 11) is -4.25. The van der Waals surface area contributed by atoms with E-state index in [1.165, 1.54) is 24.3 Å². The molecule has 1 aromatic rings. The molecule has 0 bridgehead atoms. The minimum absolute atomic E-state index is 0.0627. The molecular weight excluding hydrogens is 801 g/mol. The molecule has 60 heavy (non-hydrogen) atoms. The van der Waals surface area contributed by atoms with Crippen molar-refractivity contribution in [3.63, 3.8) is 0 Å². The van der Waals surface area contributed by atoms with Crippen molar-refractivity contribution in [3.8, 4) is 0 Å². The Morgan fingerprint density at radius 3 is 1.77 bits per heavy atom. The summed E-state index contributed by atoms with van der Waals surface area (Å²) in [6.07, 6.45) is 3.91. The highest BCUT2D eigenvalue weighted by Gasteiger charge is 2.36. The van der Waals surface area contributed by atoms with E-state index in [4.69, 9.17) is 5.11 Å². The quantitative estimate of drug-likeness (QED) is 0.0667. The van der Waals surface area contributed by atoms with Crippen LogP contribution in [0.5, 0.6) is 0 Å². The minimum atomic E-state index is -4.25. The number of hydrogen-bond donors (Lipinski definition) is 8. The smallest absolute Gasteiger partial charge is 0.303 e. The van der Waals surface area contributed by atoms with E-state index < -0.39 is 113 Å². The van der Waals surface area contributed by atoms with Crippen molar-refractivity contribution in [1.29, 1.82) is 0 Å². The van der Waals surface area contributed by atoms with Crippen LogP contribution >= 0.6 is 0 Å². The van der Waals surface area contributed by atoms with Crippen LogP contribution in [0, 0.1) is 17.8 Å². The van der Waals surface area contributed by atoms with Gasteiger partial charge in [0.05, 0.1) is 11.3 Å². The second kappa shape index (κ2) is 25.5. The zero-order chi connectivity index (χ0) is 45.0.